The number of benzene rings is 2. The number of halogens is 1. The summed E-state index contributed by atoms with van der Waals surface area (Å²) in [7, 11) is -3.51. The van der Waals surface area contributed by atoms with E-state index < -0.39 is 10.0 Å². The van der Waals surface area contributed by atoms with Crippen LogP contribution >= 0.6 is 27.3 Å². The quantitative estimate of drug-likeness (QED) is 0.385. The molecule has 176 valence electrons. The van der Waals surface area contributed by atoms with Crippen LogP contribution in [-0.4, -0.2) is 43.6 Å². The molecular formula is C24H28BrN3O3S2. The first-order valence-electron chi connectivity index (χ1n) is 11.1. The van der Waals surface area contributed by atoms with Crippen LogP contribution in [0, 0.1) is 0 Å². The van der Waals surface area contributed by atoms with Crippen molar-refractivity contribution in [3.05, 3.63) is 63.2 Å². The summed E-state index contributed by atoms with van der Waals surface area (Å²) in [6, 6.07) is 15.5. The number of morpholine rings is 1. The van der Waals surface area contributed by atoms with Crippen molar-refractivity contribution in [2.45, 2.75) is 37.6 Å². The second-order valence-corrected chi connectivity index (χ2v) is 11.6. The summed E-state index contributed by atoms with van der Waals surface area (Å²) >= 11 is 5.12. The van der Waals surface area contributed by atoms with Crippen LogP contribution < -0.4 is 4.80 Å². The molecule has 1 fully saturated rings. The fourth-order valence-electron chi connectivity index (χ4n) is 3.98. The molecule has 1 aliphatic heterocycles. The lowest BCUT2D eigenvalue weighted by atomic mass is 10.1. The van der Waals surface area contributed by atoms with Gasteiger partial charge in [-0.05, 0) is 54.8 Å². The highest BCUT2D eigenvalue weighted by molar-refractivity contribution is 9.10. The summed E-state index contributed by atoms with van der Waals surface area (Å²) in [6.45, 7) is 6.03. The van der Waals surface area contributed by atoms with E-state index in [0.29, 0.717) is 32.3 Å². The fraction of sp³-hybridized carbons (Fsp3) is 0.375. The third-order valence-corrected chi connectivity index (χ3v) is 9.14. The second kappa shape index (κ2) is 10.7. The zero-order valence-electron chi connectivity index (χ0n) is 18.8. The molecule has 0 radical (unpaired) electrons. The van der Waals surface area contributed by atoms with Crippen molar-refractivity contribution in [2.75, 3.05) is 26.3 Å². The molecule has 0 atom stereocenters. The van der Waals surface area contributed by atoms with Crippen LogP contribution in [0.1, 0.15) is 32.7 Å². The molecule has 3 aromatic rings. The number of hydrogen-bond donors (Lipinski definition) is 0. The van der Waals surface area contributed by atoms with Gasteiger partial charge in [-0.25, -0.2) is 13.4 Å². The maximum atomic E-state index is 12.9. The molecule has 1 aliphatic rings. The summed E-state index contributed by atoms with van der Waals surface area (Å²) in [5.41, 5.74) is 3.03. The summed E-state index contributed by atoms with van der Waals surface area (Å²) in [4.78, 5) is 6.10. The third kappa shape index (κ3) is 5.33. The SMILES string of the molecule is CCC(CC)n1c(-c2ccc(Br)cc2)csc1=Nc1ccc(S(=O)(=O)N2CCOCC2)cc1. The van der Waals surface area contributed by atoms with E-state index in [1.165, 1.54) is 4.31 Å². The molecule has 2 aromatic carbocycles. The summed E-state index contributed by atoms with van der Waals surface area (Å²) in [5.74, 6) is 0. The number of ether oxygens (including phenoxy) is 1. The largest absolute Gasteiger partial charge is 0.379 e. The van der Waals surface area contributed by atoms with E-state index in [9.17, 15) is 8.42 Å². The van der Waals surface area contributed by atoms with Crippen molar-refractivity contribution < 1.29 is 13.2 Å². The number of sulfonamides is 1. The molecule has 0 saturated carbocycles. The molecule has 1 aromatic heterocycles. The van der Waals surface area contributed by atoms with Gasteiger partial charge in [0, 0.05) is 29.0 Å². The molecular weight excluding hydrogens is 522 g/mol. The van der Waals surface area contributed by atoms with Gasteiger partial charge in [-0.1, -0.05) is 41.9 Å². The lowest BCUT2D eigenvalue weighted by molar-refractivity contribution is 0.0730. The summed E-state index contributed by atoms with van der Waals surface area (Å²) < 4.78 is 35.9. The molecule has 6 nitrogen and oxygen atoms in total. The summed E-state index contributed by atoms with van der Waals surface area (Å²) in [5, 5.41) is 2.15. The Morgan fingerprint density at radius 3 is 2.27 bits per heavy atom. The van der Waals surface area contributed by atoms with Crippen molar-refractivity contribution >= 4 is 43.0 Å². The molecule has 33 heavy (non-hydrogen) atoms. The van der Waals surface area contributed by atoms with Crippen molar-refractivity contribution in [2.24, 2.45) is 4.99 Å². The van der Waals surface area contributed by atoms with Gasteiger partial charge in [-0.3, -0.25) is 0 Å². The zero-order chi connectivity index (χ0) is 23.4. The first-order chi connectivity index (χ1) is 15.9. The molecule has 0 N–H and O–H groups in total. The molecule has 4 rings (SSSR count). The average Bonchev–Trinajstić information content (AvgIpc) is 3.24. The fourth-order valence-corrected chi connectivity index (χ4v) is 6.64. The molecule has 1 saturated heterocycles. The van der Waals surface area contributed by atoms with Crippen LogP contribution in [0.15, 0.2) is 68.3 Å². The van der Waals surface area contributed by atoms with Crippen LogP contribution in [0.25, 0.3) is 11.3 Å². The zero-order valence-corrected chi connectivity index (χ0v) is 22.0. The highest BCUT2D eigenvalue weighted by Gasteiger charge is 2.26. The van der Waals surface area contributed by atoms with Gasteiger partial charge in [0.05, 0.1) is 29.5 Å². The molecule has 0 bridgehead atoms. The van der Waals surface area contributed by atoms with Gasteiger partial charge in [0.2, 0.25) is 10.0 Å². The van der Waals surface area contributed by atoms with Crippen LogP contribution in [-0.2, 0) is 14.8 Å². The van der Waals surface area contributed by atoms with Gasteiger partial charge in [-0.2, -0.15) is 4.31 Å². The Hall–Kier alpha value is -1.78. The van der Waals surface area contributed by atoms with Gasteiger partial charge in [0.15, 0.2) is 4.80 Å². The molecule has 2 heterocycles. The Kier molecular flexibility index (Phi) is 7.86. The van der Waals surface area contributed by atoms with Crippen LogP contribution in [0.4, 0.5) is 5.69 Å². The Balaban J connectivity index is 1.70. The van der Waals surface area contributed by atoms with Crippen LogP contribution in [0.3, 0.4) is 0 Å². The number of rotatable bonds is 7. The third-order valence-electron chi connectivity index (χ3n) is 5.86. The lowest BCUT2D eigenvalue weighted by Gasteiger charge is -2.26. The van der Waals surface area contributed by atoms with E-state index in [4.69, 9.17) is 9.73 Å². The minimum atomic E-state index is -3.51. The van der Waals surface area contributed by atoms with Crippen molar-refractivity contribution in [1.29, 1.82) is 0 Å². The normalized spacial score (nSPS) is 15.9. The smallest absolute Gasteiger partial charge is 0.243 e. The van der Waals surface area contributed by atoms with Gasteiger partial charge in [0.1, 0.15) is 0 Å². The molecule has 9 heteroatoms. The Labute approximate surface area is 207 Å². The van der Waals surface area contributed by atoms with E-state index in [-0.39, 0.29) is 4.90 Å². The van der Waals surface area contributed by atoms with Crippen molar-refractivity contribution in [3.8, 4) is 11.3 Å². The van der Waals surface area contributed by atoms with Gasteiger partial charge in [-0.15, -0.1) is 11.3 Å². The maximum absolute atomic E-state index is 12.9. The van der Waals surface area contributed by atoms with Crippen molar-refractivity contribution in [1.82, 2.24) is 8.87 Å². The standard InChI is InChI=1S/C24H28BrN3O3S2/c1-3-21(4-2)28-23(18-5-7-19(25)8-6-18)17-32-24(28)26-20-9-11-22(12-10-20)33(29,30)27-13-15-31-16-14-27/h5-12,17,21H,3-4,13-16H2,1-2H3. The van der Waals surface area contributed by atoms with Crippen LogP contribution in [0.5, 0.6) is 0 Å². The minimum Gasteiger partial charge on any atom is -0.379 e. The second-order valence-electron chi connectivity index (χ2n) is 7.87. The monoisotopic (exact) mass is 549 g/mol. The Morgan fingerprint density at radius 2 is 1.67 bits per heavy atom. The van der Waals surface area contributed by atoms with E-state index in [1.807, 2.05) is 0 Å². The predicted octanol–water partition coefficient (Wildman–Crippen LogP) is 5.59. The highest BCUT2D eigenvalue weighted by atomic mass is 79.9. The number of nitrogens with zero attached hydrogens (tertiary/aromatic N) is 3. The topological polar surface area (TPSA) is 63.9 Å². The number of thiazole rings is 1. The van der Waals surface area contributed by atoms with E-state index in [1.54, 1.807) is 35.6 Å². The van der Waals surface area contributed by atoms with Gasteiger partial charge >= 0.3 is 0 Å². The van der Waals surface area contributed by atoms with E-state index >= 15 is 0 Å². The number of aromatic nitrogens is 1. The Morgan fingerprint density at radius 1 is 1.03 bits per heavy atom. The van der Waals surface area contributed by atoms with E-state index in [2.05, 4.69) is 64.0 Å². The van der Waals surface area contributed by atoms with Gasteiger partial charge < -0.3 is 9.30 Å². The molecule has 0 spiro atoms. The van der Waals surface area contributed by atoms with Crippen LogP contribution in [0.2, 0.25) is 0 Å². The predicted molar refractivity (Wildman–Crippen MR) is 136 cm³/mol. The van der Waals surface area contributed by atoms with Gasteiger partial charge in [0.25, 0.3) is 0 Å². The first-order valence-corrected chi connectivity index (χ1v) is 14.2. The van der Waals surface area contributed by atoms with Crippen molar-refractivity contribution in [3.63, 3.8) is 0 Å². The average molecular weight is 551 g/mol. The number of hydrogen-bond acceptors (Lipinski definition) is 5. The molecule has 0 unspecified atom stereocenters. The summed E-state index contributed by atoms with van der Waals surface area (Å²) in [6.07, 6.45) is 2.00. The molecule has 0 aliphatic carbocycles. The molecule has 0 amide bonds. The lowest BCUT2D eigenvalue weighted by Crippen LogP contribution is -2.40. The Bertz CT molecular complexity index is 1240. The highest BCUT2D eigenvalue weighted by Crippen LogP contribution is 2.28. The van der Waals surface area contributed by atoms with E-state index in [0.717, 1.165) is 39.1 Å². The maximum Gasteiger partial charge on any atom is 0.243 e. The first kappa shape index (κ1) is 24.3. The minimum absolute atomic E-state index is 0.290.